The topological polar surface area (TPSA) is 0 Å². The van der Waals surface area contributed by atoms with E-state index in [1.165, 1.54) is 70.6 Å². The molecule has 0 spiro atoms. The van der Waals surface area contributed by atoms with E-state index in [9.17, 15) is 0 Å². The van der Waals surface area contributed by atoms with Crippen LogP contribution in [0.15, 0.2) is 0 Å². The summed E-state index contributed by atoms with van der Waals surface area (Å²) < 4.78 is 0. The maximum Gasteiger partial charge on any atom is -0.0417 e. The molecular weight excluding hydrogens is 204 g/mol. The first-order valence-corrected chi connectivity index (χ1v) is 8.22. The van der Waals surface area contributed by atoms with Gasteiger partial charge in [0.25, 0.3) is 0 Å². The minimum absolute atomic E-state index is 0.935. The van der Waals surface area contributed by atoms with E-state index in [4.69, 9.17) is 0 Å². The smallest absolute Gasteiger partial charge is 0.0417 e. The second-order valence-corrected chi connectivity index (χ2v) is 6.01. The number of rotatable bonds is 12. The zero-order chi connectivity index (χ0) is 12.9. The molecule has 0 nitrogen and oxygen atoms in total. The highest BCUT2D eigenvalue weighted by atomic mass is 14.2. The number of unbranched alkanes of at least 4 members (excludes halogenated alkanes) is 7. The van der Waals surface area contributed by atoms with E-state index in [1.54, 1.807) is 0 Å². The van der Waals surface area contributed by atoms with Gasteiger partial charge < -0.3 is 0 Å². The summed E-state index contributed by atoms with van der Waals surface area (Å²) in [5.41, 5.74) is 0. The molecule has 0 fully saturated rings. The maximum absolute atomic E-state index is 2.45. The Balaban J connectivity index is 3.21. The molecule has 0 heterocycles. The third-order valence-corrected chi connectivity index (χ3v) is 4.23. The minimum atomic E-state index is 0.935. The lowest BCUT2D eigenvalue weighted by Crippen LogP contribution is -2.07. The van der Waals surface area contributed by atoms with Crippen LogP contribution in [-0.4, -0.2) is 0 Å². The normalized spacial score (nSPS) is 14.8. The summed E-state index contributed by atoms with van der Waals surface area (Å²) in [5, 5.41) is 0. The Bertz CT molecular complexity index is 139. The standard InChI is InChI=1S/C17H36/c1-5-7-8-9-10-11-12-13-15-17(4)16(3)14-6-2/h16-17H,5-15H2,1-4H3. The molecular formula is C17H36. The summed E-state index contributed by atoms with van der Waals surface area (Å²) in [5.74, 6) is 1.87. The molecule has 0 aliphatic carbocycles. The van der Waals surface area contributed by atoms with Crippen LogP contribution >= 0.6 is 0 Å². The van der Waals surface area contributed by atoms with Crippen molar-refractivity contribution in [2.45, 2.75) is 98.3 Å². The monoisotopic (exact) mass is 240 g/mol. The first kappa shape index (κ1) is 17.0. The molecule has 0 heteroatoms. The third-order valence-electron chi connectivity index (χ3n) is 4.23. The van der Waals surface area contributed by atoms with Gasteiger partial charge in [0.1, 0.15) is 0 Å². The maximum atomic E-state index is 2.45. The molecule has 0 rings (SSSR count). The third kappa shape index (κ3) is 10.9. The highest BCUT2D eigenvalue weighted by molar-refractivity contribution is 4.61. The molecule has 0 aliphatic heterocycles. The van der Waals surface area contributed by atoms with Crippen LogP contribution in [0.25, 0.3) is 0 Å². The van der Waals surface area contributed by atoms with E-state index in [0.29, 0.717) is 0 Å². The molecule has 0 aliphatic rings. The van der Waals surface area contributed by atoms with Gasteiger partial charge in [-0.1, -0.05) is 98.3 Å². The fourth-order valence-electron chi connectivity index (χ4n) is 2.62. The van der Waals surface area contributed by atoms with Gasteiger partial charge in [0.05, 0.1) is 0 Å². The van der Waals surface area contributed by atoms with E-state index in [-0.39, 0.29) is 0 Å². The molecule has 0 saturated heterocycles. The predicted octanol–water partition coefficient (Wildman–Crippen LogP) is 6.59. The van der Waals surface area contributed by atoms with Crippen LogP contribution in [0, 0.1) is 11.8 Å². The first-order chi connectivity index (χ1) is 8.22. The highest BCUT2D eigenvalue weighted by Gasteiger charge is 2.10. The fourth-order valence-corrected chi connectivity index (χ4v) is 2.62. The van der Waals surface area contributed by atoms with Crippen molar-refractivity contribution in [1.29, 1.82) is 0 Å². The molecule has 0 N–H and O–H groups in total. The minimum Gasteiger partial charge on any atom is -0.0654 e. The van der Waals surface area contributed by atoms with Crippen molar-refractivity contribution in [3.63, 3.8) is 0 Å². The van der Waals surface area contributed by atoms with Crippen LogP contribution in [0.3, 0.4) is 0 Å². The Morgan fingerprint density at radius 2 is 1.00 bits per heavy atom. The Hall–Kier alpha value is 0. The van der Waals surface area contributed by atoms with Crippen LogP contribution < -0.4 is 0 Å². The summed E-state index contributed by atoms with van der Waals surface area (Å²) in [6.45, 7) is 9.47. The van der Waals surface area contributed by atoms with Crippen molar-refractivity contribution in [3.05, 3.63) is 0 Å². The van der Waals surface area contributed by atoms with Crippen molar-refractivity contribution >= 4 is 0 Å². The van der Waals surface area contributed by atoms with Crippen LogP contribution in [0.4, 0.5) is 0 Å². The van der Waals surface area contributed by atoms with Crippen LogP contribution in [-0.2, 0) is 0 Å². The summed E-state index contributed by atoms with van der Waals surface area (Å²) >= 11 is 0. The lowest BCUT2D eigenvalue weighted by atomic mass is 9.87. The summed E-state index contributed by atoms with van der Waals surface area (Å²) in [6.07, 6.45) is 15.8. The van der Waals surface area contributed by atoms with Crippen molar-refractivity contribution in [2.24, 2.45) is 11.8 Å². The second kappa shape index (κ2) is 12.5. The molecule has 0 aromatic rings. The quantitative estimate of drug-likeness (QED) is 0.338. The average molecular weight is 240 g/mol. The van der Waals surface area contributed by atoms with E-state index < -0.39 is 0 Å². The van der Waals surface area contributed by atoms with Gasteiger partial charge >= 0.3 is 0 Å². The zero-order valence-corrected chi connectivity index (χ0v) is 12.9. The van der Waals surface area contributed by atoms with E-state index in [2.05, 4.69) is 27.7 Å². The molecule has 104 valence electrons. The molecule has 0 radical (unpaired) electrons. The molecule has 2 atom stereocenters. The van der Waals surface area contributed by atoms with E-state index in [1.807, 2.05) is 0 Å². The number of hydrogen-bond acceptors (Lipinski definition) is 0. The molecule has 0 amide bonds. The van der Waals surface area contributed by atoms with Gasteiger partial charge in [-0.25, -0.2) is 0 Å². The van der Waals surface area contributed by atoms with Crippen molar-refractivity contribution in [3.8, 4) is 0 Å². The Kier molecular flexibility index (Phi) is 12.5. The molecule has 2 unspecified atom stereocenters. The molecule has 17 heavy (non-hydrogen) atoms. The van der Waals surface area contributed by atoms with Gasteiger partial charge in [0.2, 0.25) is 0 Å². The zero-order valence-electron chi connectivity index (χ0n) is 12.9. The average Bonchev–Trinajstić information content (AvgIpc) is 2.32. The Morgan fingerprint density at radius 3 is 1.53 bits per heavy atom. The van der Waals surface area contributed by atoms with E-state index in [0.717, 1.165) is 11.8 Å². The molecule has 0 bridgehead atoms. The summed E-state index contributed by atoms with van der Waals surface area (Å²) in [4.78, 5) is 0. The Labute approximate surface area is 111 Å². The van der Waals surface area contributed by atoms with Crippen molar-refractivity contribution in [1.82, 2.24) is 0 Å². The molecule has 0 aromatic carbocycles. The van der Waals surface area contributed by atoms with Crippen molar-refractivity contribution < 1.29 is 0 Å². The summed E-state index contributed by atoms with van der Waals surface area (Å²) in [7, 11) is 0. The van der Waals surface area contributed by atoms with Gasteiger partial charge in [-0.2, -0.15) is 0 Å². The second-order valence-electron chi connectivity index (χ2n) is 6.01. The largest absolute Gasteiger partial charge is 0.0654 e. The van der Waals surface area contributed by atoms with Crippen LogP contribution in [0.1, 0.15) is 98.3 Å². The van der Waals surface area contributed by atoms with Gasteiger partial charge in [-0.15, -0.1) is 0 Å². The number of hydrogen-bond donors (Lipinski definition) is 0. The van der Waals surface area contributed by atoms with Gasteiger partial charge in [0.15, 0.2) is 0 Å². The molecule has 0 aromatic heterocycles. The van der Waals surface area contributed by atoms with Crippen LogP contribution in [0.2, 0.25) is 0 Å². The lowest BCUT2D eigenvalue weighted by Gasteiger charge is -2.19. The van der Waals surface area contributed by atoms with Crippen LogP contribution in [0.5, 0.6) is 0 Å². The van der Waals surface area contributed by atoms with Gasteiger partial charge in [0, 0.05) is 0 Å². The Morgan fingerprint density at radius 1 is 0.529 bits per heavy atom. The highest BCUT2D eigenvalue weighted by Crippen LogP contribution is 2.22. The molecule has 0 saturated carbocycles. The predicted molar refractivity (Wildman–Crippen MR) is 80.5 cm³/mol. The van der Waals surface area contributed by atoms with Gasteiger partial charge in [-0.3, -0.25) is 0 Å². The SMILES string of the molecule is CCCCCCCCCCC(C)C(C)CCC. The van der Waals surface area contributed by atoms with E-state index >= 15 is 0 Å². The van der Waals surface area contributed by atoms with Crippen molar-refractivity contribution in [2.75, 3.05) is 0 Å². The first-order valence-electron chi connectivity index (χ1n) is 8.22. The van der Waals surface area contributed by atoms with Gasteiger partial charge in [-0.05, 0) is 11.8 Å². The fraction of sp³-hybridized carbons (Fsp3) is 1.00. The summed E-state index contributed by atoms with van der Waals surface area (Å²) in [6, 6.07) is 0. The lowest BCUT2D eigenvalue weighted by molar-refractivity contribution is 0.330.